The van der Waals surface area contributed by atoms with Crippen LogP contribution in [0.3, 0.4) is 0 Å². The Bertz CT molecular complexity index is 330. The highest BCUT2D eigenvalue weighted by molar-refractivity contribution is 9.10. The number of amides is 1. The first-order valence-corrected chi connectivity index (χ1v) is 6.23. The molecule has 17 heavy (non-hydrogen) atoms. The van der Waals surface area contributed by atoms with Gasteiger partial charge in [-0.3, -0.25) is 4.79 Å². The lowest BCUT2D eigenvalue weighted by Gasteiger charge is -2.04. The lowest BCUT2D eigenvalue weighted by atomic mass is 10.1. The van der Waals surface area contributed by atoms with Crippen molar-refractivity contribution in [2.75, 3.05) is 13.1 Å². The van der Waals surface area contributed by atoms with Gasteiger partial charge in [0.15, 0.2) is 0 Å². The van der Waals surface area contributed by atoms with Gasteiger partial charge in [-0.2, -0.15) is 0 Å². The Kier molecular flexibility index (Phi) is 9.13. The van der Waals surface area contributed by atoms with E-state index in [0.717, 1.165) is 17.3 Å². The minimum absolute atomic E-state index is 0. The molecule has 0 unspecified atom stereocenters. The Hall–Kier alpha value is -0.580. The van der Waals surface area contributed by atoms with Gasteiger partial charge in [-0.25, -0.2) is 0 Å². The Morgan fingerprint density at radius 1 is 1.29 bits per heavy atom. The predicted molar refractivity (Wildman–Crippen MR) is 76.4 cm³/mol. The molecule has 1 aromatic carbocycles. The normalized spacial score (nSPS) is 9.53. The van der Waals surface area contributed by atoms with Gasteiger partial charge in [0.05, 0.1) is 0 Å². The molecule has 0 bridgehead atoms. The first-order valence-electron chi connectivity index (χ1n) is 5.43. The SMILES string of the molecule is Cl.NCCCNC(=O)CCc1ccc(Br)cc1. The van der Waals surface area contributed by atoms with Crippen LogP contribution in [0.15, 0.2) is 28.7 Å². The Morgan fingerprint density at radius 3 is 2.53 bits per heavy atom. The molecule has 0 aliphatic heterocycles. The molecular weight excluding hydrogens is 304 g/mol. The smallest absolute Gasteiger partial charge is 0.220 e. The second-order valence-electron chi connectivity index (χ2n) is 3.62. The highest BCUT2D eigenvalue weighted by atomic mass is 79.9. The monoisotopic (exact) mass is 320 g/mol. The van der Waals surface area contributed by atoms with Gasteiger partial charge in [0.2, 0.25) is 5.91 Å². The maximum atomic E-state index is 11.4. The van der Waals surface area contributed by atoms with Crippen LogP contribution in [0.1, 0.15) is 18.4 Å². The van der Waals surface area contributed by atoms with E-state index in [4.69, 9.17) is 5.73 Å². The van der Waals surface area contributed by atoms with E-state index in [1.165, 1.54) is 5.56 Å². The molecule has 0 spiro atoms. The van der Waals surface area contributed by atoms with Crippen molar-refractivity contribution < 1.29 is 4.79 Å². The third-order valence-corrected chi connectivity index (χ3v) is 2.79. The lowest BCUT2D eigenvalue weighted by molar-refractivity contribution is -0.121. The van der Waals surface area contributed by atoms with E-state index in [1.54, 1.807) is 0 Å². The molecule has 1 amide bonds. The van der Waals surface area contributed by atoms with Crippen LogP contribution in [0.2, 0.25) is 0 Å². The van der Waals surface area contributed by atoms with Gasteiger partial charge >= 0.3 is 0 Å². The molecule has 5 heteroatoms. The topological polar surface area (TPSA) is 55.1 Å². The highest BCUT2D eigenvalue weighted by Crippen LogP contribution is 2.11. The Balaban J connectivity index is 0.00000256. The third kappa shape index (κ3) is 7.36. The molecule has 0 heterocycles. The summed E-state index contributed by atoms with van der Waals surface area (Å²) in [5.74, 6) is 0.0939. The number of hydrogen-bond donors (Lipinski definition) is 2. The van der Waals surface area contributed by atoms with Gasteiger partial charge in [-0.05, 0) is 37.1 Å². The summed E-state index contributed by atoms with van der Waals surface area (Å²) >= 11 is 3.38. The van der Waals surface area contributed by atoms with Crippen LogP contribution in [0.5, 0.6) is 0 Å². The summed E-state index contributed by atoms with van der Waals surface area (Å²) in [6, 6.07) is 8.03. The largest absolute Gasteiger partial charge is 0.356 e. The number of nitrogens with two attached hydrogens (primary N) is 1. The van der Waals surface area contributed by atoms with E-state index in [1.807, 2.05) is 24.3 Å². The number of rotatable bonds is 6. The molecule has 3 nitrogen and oxygen atoms in total. The quantitative estimate of drug-likeness (QED) is 0.790. The van der Waals surface area contributed by atoms with Crippen molar-refractivity contribution in [3.8, 4) is 0 Å². The minimum Gasteiger partial charge on any atom is -0.356 e. The van der Waals surface area contributed by atoms with E-state index in [2.05, 4.69) is 21.2 Å². The van der Waals surface area contributed by atoms with Crippen LogP contribution in [0.4, 0.5) is 0 Å². The molecule has 0 aliphatic rings. The summed E-state index contributed by atoms with van der Waals surface area (Å²) in [7, 11) is 0. The molecule has 96 valence electrons. The number of carbonyl (C=O) groups excluding carboxylic acids is 1. The van der Waals surface area contributed by atoms with Gasteiger partial charge in [0, 0.05) is 17.4 Å². The summed E-state index contributed by atoms with van der Waals surface area (Å²) in [4.78, 5) is 11.4. The van der Waals surface area contributed by atoms with Gasteiger partial charge in [0.25, 0.3) is 0 Å². The molecule has 1 rings (SSSR count). The van der Waals surface area contributed by atoms with Crippen molar-refractivity contribution in [1.82, 2.24) is 5.32 Å². The average Bonchev–Trinajstić information content (AvgIpc) is 2.29. The second kappa shape index (κ2) is 9.45. The molecule has 0 fully saturated rings. The molecule has 0 aliphatic carbocycles. The molecule has 1 aromatic rings. The van der Waals surface area contributed by atoms with Crippen molar-refractivity contribution in [3.05, 3.63) is 34.3 Å². The van der Waals surface area contributed by atoms with Crippen molar-refractivity contribution >= 4 is 34.2 Å². The minimum atomic E-state index is 0. The lowest BCUT2D eigenvalue weighted by Crippen LogP contribution is -2.26. The molecule has 0 saturated carbocycles. The van der Waals surface area contributed by atoms with E-state index >= 15 is 0 Å². The van der Waals surface area contributed by atoms with E-state index in [-0.39, 0.29) is 18.3 Å². The molecule has 0 saturated heterocycles. The number of hydrogen-bond acceptors (Lipinski definition) is 2. The van der Waals surface area contributed by atoms with Crippen LogP contribution < -0.4 is 11.1 Å². The highest BCUT2D eigenvalue weighted by Gasteiger charge is 2.01. The summed E-state index contributed by atoms with van der Waals surface area (Å²) in [5.41, 5.74) is 6.52. The fourth-order valence-electron chi connectivity index (χ4n) is 1.33. The van der Waals surface area contributed by atoms with Crippen LogP contribution in [0.25, 0.3) is 0 Å². The Labute approximate surface area is 117 Å². The number of halogens is 2. The van der Waals surface area contributed by atoms with Crippen LogP contribution in [0, 0.1) is 0 Å². The van der Waals surface area contributed by atoms with E-state index in [9.17, 15) is 4.79 Å². The van der Waals surface area contributed by atoms with Crippen LogP contribution in [-0.4, -0.2) is 19.0 Å². The summed E-state index contributed by atoms with van der Waals surface area (Å²) in [6.45, 7) is 1.29. The van der Waals surface area contributed by atoms with Crippen LogP contribution in [-0.2, 0) is 11.2 Å². The van der Waals surface area contributed by atoms with Gasteiger partial charge in [-0.1, -0.05) is 28.1 Å². The number of carbonyl (C=O) groups is 1. The molecule has 3 N–H and O–H groups in total. The third-order valence-electron chi connectivity index (χ3n) is 2.26. The fourth-order valence-corrected chi connectivity index (χ4v) is 1.59. The zero-order valence-electron chi connectivity index (χ0n) is 9.62. The summed E-state index contributed by atoms with van der Waals surface area (Å²) in [6.07, 6.45) is 2.15. The summed E-state index contributed by atoms with van der Waals surface area (Å²) in [5, 5.41) is 2.84. The van der Waals surface area contributed by atoms with Gasteiger partial charge in [0.1, 0.15) is 0 Å². The standard InChI is InChI=1S/C12H17BrN2O.ClH/c13-11-5-2-10(3-6-11)4-7-12(16)15-9-1-8-14;/h2-3,5-6H,1,4,7-9,14H2,(H,15,16);1H. The van der Waals surface area contributed by atoms with E-state index in [0.29, 0.717) is 19.5 Å². The first kappa shape index (κ1) is 16.4. The maximum absolute atomic E-state index is 11.4. The maximum Gasteiger partial charge on any atom is 0.220 e. The predicted octanol–water partition coefficient (Wildman–Crippen LogP) is 2.27. The Morgan fingerprint density at radius 2 is 1.94 bits per heavy atom. The van der Waals surface area contributed by atoms with Crippen molar-refractivity contribution in [1.29, 1.82) is 0 Å². The van der Waals surface area contributed by atoms with Gasteiger partial charge < -0.3 is 11.1 Å². The van der Waals surface area contributed by atoms with Crippen LogP contribution >= 0.6 is 28.3 Å². The number of nitrogens with one attached hydrogen (secondary N) is 1. The second-order valence-corrected chi connectivity index (χ2v) is 4.53. The molecule has 0 radical (unpaired) electrons. The molecule has 0 atom stereocenters. The fraction of sp³-hybridized carbons (Fsp3) is 0.417. The van der Waals surface area contributed by atoms with Crippen molar-refractivity contribution in [2.24, 2.45) is 5.73 Å². The number of benzene rings is 1. The van der Waals surface area contributed by atoms with Gasteiger partial charge in [-0.15, -0.1) is 12.4 Å². The van der Waals surface area contributed by atoms with E-state index < -0.39 is 0 Å². The molecular formula is C12H18BrClN2O. The van der Waals surface area contributed by atoms with Crippen molar-refractivity contribution in [3.63, 3.8) is 0 Å². The first-order chi connectivity index (χ1) is 7.72. The molecule has 0 aromatic heterocycles. The summed E-state index contributed by atoms with van der Waals surface area (Å²) < 4.78 is 1.06. The number of aryl methyl sites for hydroxylation is 1. The zero-order chi connectivity index (χ0) is 11.8. The zero-order valence-corrected chi connectivity index (χ0v) is 12.0. The van der Waals surface area contributed by atoms with Crippen molar-refractivity contribution in [2.45, 2.75) is 19.3 Å². The average molecular weight is 322 g/mol.